The number of thiol groups is 1. The fourth-order valence-electron chi connectivity index (χ4n) is 1.38. The van der Waals surface area contributed by atoms with Crippen molar-refractivity contribution in [1.29, 1.82) is 0 Å². The summed E-state index contributed by atoms with van der Waals surface area (Å²) in [5.74, 6) is 0.391. The average Bonchev–Trinajstić information content (AvgIpc) is 2.35. The zero-order valence-corrected chi connectivity index (χ0v) is 11.4. The molecule has 0 atom stereocenters. The summed E-state index contributed by atoms with van der Waals surface area (Å²) in [6.07, 6.45) is 4.12. The molecule has 0 aromatic heterocycles. The molecule has 2 nitrogen and oxygen atoms in total. The molecule has 0 aliphatic carbocycles. The standard InChI is InChI=1S/C15H17NOS/c1-12(9-14-7-5-4-6-8-14)11-17-15(16-3)10-13(2)18/h4-8,10-11,18H,2-3,9H2,1H3/b12-11+,15-10+. The molecule has 0 spiro atoms. The second-order valence-electron chi connectivity index (χ2n) is 3.88. The number of ether oxygens (including phenoxy) is 1. The first-order valence-corrected chi connectivity index (χ1v) is 5.99. The van der Waals surface area contributed by atoms with Crippen LogP contribution in [0.1, 0.15) is 12.5 Å². The van der Waals surface area contributed by atoms with E-state index in [4.69, 9.17) is 4.74 Å². The van der Waals surface area contributed by atoms with Gasteiger partial charge in [0.15, 0.2) is 0 Å². The van der Waals surface area contributed by atoms with E-state index in [2.05, 4.69) is 43.1 Å². The minimum absolute atomic E-state index is 0.391. The van der Waals surface area contributed by atoms with E-state index in [9.17, 15) is 0 Å². The number of hydrogen-bond acceptors (Lipinski definition) is 3. The predicted octanol–water partition coefficient (Wildman–Crippen LogP) is 4.14. The van der Waals surface area contributed by atoms with Gasteiger partial charge in [-0.2, -0.15) is 0 Å². The first-order valence-electron chi connectivity index (χ1n) is 5.54. The van der Waals surface area contributed by atoms with Crippen LogP contribution in [0, 0.1) is 0 Å². The molecule has 3 heteroatoms. The molecule has 94 valence electrons. The number of nitrogens with zero attached hydrogens (tertiary/aromatic N) is 1. The maximum absolute atomic E-state index is 5.40. The molecule has 0 saturated heterocycles. The van der Waals surface area contributed by atoms with E-state index >= 15 is 0 Å². The lowest BCUT2D eigenvalue weighted by Crippen LogP contribution is -1.89. The van der Waals surface area contributed by atoms with Crippen LogP contribution in [0.3, 0.4) is 0 Å². The van der Waals surface area contributed by atoms with Crippen molar-refractivity contribution in [2.75, 3.05) is 0 Å². The summed E-state index contributed by atoms with van der Waals surface area (Å²) in [4.78, 5) is 4.32. The van der Waals surface area contributed by atoms with Gasteiger partial charge < -0.3 is 4.74 Å². The molecule has 0 radical (unpaired) electrons. The first kappa shape index (κ1) is 14.3. The Kier molecular flexibility index (Phi) is 6.01. The van der Waals surface area contributed by atoms with Gasteiger partial charge in [-0.15, -0.1) is 12.6 Å². The molecule has 0 unspecified atom stereocenters. The van der Waals surface area contributed by atoms with E-state index in [0.29, 0.717) is 10.8 Å². The van der Waals surface area contributed by atoms with Crippen molar-refractivity contribution < 1.29 is 4.74 Å². The summed E-state index contributed by atoms with van der Waals surface area (Å²) < 4.78 is 5.40. The molecule has 0 bridgehead atoms. The summed E-state index contributed by atoms with van der Waals surface area (Å²) in [6.45, 7) is 9.07. The first-order chi connectivity index (χ1) is 8.61. The van der Waals surface area contributed by atoms with Gasteiger partial charge in [-0.1, -0.05) is 36.9 Å². The molecule has 1 aromatic rings. The normalized spacial score (nSPS) is 12.1. The molecule has 0 saturated carbocycles. The maximum Gasteiger partial charge on any atom is 0.218 e. The van der Waals surface area contributed by atoms with Crippen LogP contribution >= 0.6 is 12.6 Å². The van der Waals surface area contributed by atoms with E-state index in [-0.39, 0.29) is 0 Å². The number of aliphatic imine (C=N–C) groups is 1. The predicted molar refractivity (Wildman–Crippen MR) is 80.7 cm³/mol. The van der Waals surface area contributed by atoms with Crippen LogP contribution in [0.2, 0.25) is 0 Å². The van der Waals surface area contributed by atoms with Crippen LogP contribution < -0.4 is 0 Å². The highest BCUT2D eigenvalue weighted by atomic mass is 32.1. The molecule has 0 heterocycles. The van der Waals surface area contributed by atoms with Crippen molar-refractivity contribution in [3.05, 3.63) is 71.2 Å². The third-order valence-electron chi connectivity index (χ3n) is 2.15. The molecule has 1 rings (SSSR count). The van der Waals surface area contributed by atoms with Crippen LogP contribution in [0.15, 0.2) is 70.6 Å². The van der Waals surface area contributed by atoms with Crippen LogP contribution in [-0.2, 0) is 11.2 Å². The Morgan fingerprint density at radius 3 is 2.61 bits per heavy atom. The van der Waals surface area contributed by atoms with Gasteiger partial charge in [0, 0.05) is 11.0 Å². The second kappa shape index (κ2) is 7.56. The molecule has 0 amide bonds. The Balaban J connectivity index is 2.62. The van der Waals surface area contributed by atoms with E-state index in [1.807, 2.05) is 25.1 Å². The van der Waals surface area contributed by atoms with Crippen LogP contribution in [-0.4, -0.2) is 6.72 Å². The van der Waals surface area contributed by atoms with Crippen LogP contribution in [0.4, 0.5) is 0 Å². The molecule has 18 heavy (non-hydrogen) atoms. The Labute approximate surface area is 114 Å². The molecular formula is C15H17NOS. The van der Waals surface area contributed by atoms with E-state index in [1.54, 1.807) is 12.3 Å². The largest absolute Gasteiger partial charge is 0.447 e. The lowest BCUT2D eigenvalue weighted by molar-refractivity contribution is 0.343. The minimum Gasteiger partial charge on any atom is -0.447 e. The van der Waals surface area contributed by atoms with Crippen molar-refractivity contribution in [3.8, 4) is 0 Å². The molecule has 1 aromatic carbocycles. The summed E-state index contributed by atoms with van der Waals surface area (Å²) in [5, 5.41) is 0. The Bertz CT molecular complexity index is 475. The summed E-state index contributed by atoms with van der Waals surface area (Å²) in [7, 11) is 0. The third-order valence-corrected chi connectivity index (χ3v) is 2.28. The summed E-state index contributed by atoms with van der Waals surface area (Å²) in [6, 6.07) is 10.2. The highest BCUT2D eigenvalue weighted by Gasteiger charge is 1.96. The van der Waals surface area contributed by atoms with Gasteiger partial charge in [-0.05, 0) is 31.2 Å². The van der Waals surface area contributed by atoms with Gasteiger partial charge >= 0.3 is 0 Å². The molecule has 0 fully saturated rings. The van der Waals surface area contributed by atoms with Crippen molar-refractivity contribution in [3.63, 3.8) is 0 Å². The monoisotopic (exact) mass is 259 g/mol. The van der Waals surface area contributed by atoms with Gasteiger partial charge in [0.25, 0.3) is 0 Å². The highest BCUT2D eigenvalue weighted by molar-refractivity contribution is 7.84. The lowest BCUT2D eigenvalue weighted by Gasteiger charge is -2.04. The maximum atomic E-state index is 5.40. The number of benzene rings is 1. The number of rotatable bonds is 6. The molecular weight excluding hydrogens is 242 g/mol. The minimum atomic E-state index is 0.391. The number of allylic oxidation sites excluding steroid dienone is 2. The second-order valence-corrected chi connectivity index (χ2v) is 4.45. The lowest BCUT2D eigenvalue weighted by atomic mass is 10.1. The summed E-state index contributed by atoms with van der Waals surface area (Å²) >= 11 is 4.06. The fourth-order valence-corrected chi connectivity index (χ4v) is 1.49. The van der Waals surface area contributed by atoms with Crippen molar-refractivity contribution in [2.45, 2.75) is 13.3 Å². The van der Waals surface area contributed by atoms with Gasteiger partial charge in [0.05, 0.1) is 6.26 Å². The van der Waals surface area contributed by atoms with Gasteiger partial charge in [-0.25, -0.2) is 4.99 Å². The van der Waals surface area contributed by atoms with E-state index in [0.717, 1.165) is 12.0 Å². The SMILES string of the molecule is C=N/C(=C\C(=C)S)O/C=C(\C)Cc1ccccc1. The Morgan fingerprint density at radius 1 is 1.39 bits per heavy atom. The smallest absolute Gasteiger partial charge is 0.218 e. The zero-order chi connectivity index (χ0) is 13.4. The fraction of sp³-hybridized carbons (Fsp3) is 0.133. The van der Waals surface area contributed by atoms with Gasteiger partial charge in [-0.3, -0.25) is 0 Å². The Morgan fingerprint density at radius 2 is 2.06 bits per heavy atom. The zero-order valence-electron chi connectivity index (χ0n) is 10.5. The van der Waals surface area contributed by atoms with Gasteiger partial charge in [0.2, 0.25) is 5.88 Å². The highest BCUT2D eigenvalue weighted by Crippen LogP contribution is 2.11. The van der Waals surface area contributed by atoms with Crippen molar-refractivity contribution >= 4 is 19.3 Å². The van der Waals surface area contributed by atoms with Crippen molar-refractivity contribution in [1.82, 2.24) is 0 Å². The third kappa shape index (κ3) is 5.55. The topological polar surface area (TPSA) is 21.6 Å². The Hall–Kier alpha value is -1.74. The van der Waals surface area contributed by atoms with E-state index < -0.39 is 0 Å². The van der Waals surface area contributed by atoms with Crippen LogP contribution in [0.5, 0.6) is 0 Å². The molecule has 0 N–H and O–H groups in total. The molecule has 0 aliphatic heterocycles. The quantitative estimate of drug-likeness (QED) is 0.353. The van der Waals surface area contributed by atoms with Gasteiger partial charge in [0.1, 0.15) is 0 Å². The van der Waals surface area contributed by atoms with Crippen LogP contribution in [0.25, 0.3) is 0 Å². The van der Waals surface area contributed by atoms with Crippen molar-refractivity contribution in [2.24, 2.45) is 4.99 Å². The average molecular weight is 259 g/mol. The number of hydrogen-bond donors (Lipinski definition) is 1. The molecule has 0 aliphatic rings. The van der Waals surface area contributed by atoms with E-state index in [1.165, 1.54) is 5.56 Å². The summed E-state index contributed by atoms with van der Waals surface area (Å²) in [5.41, 5.74) is 2.34.